The molecule has 0 spiro atoms. The molecule has 0 bridgehead atoms. The van der Waals surface area contributed by atoms with Crippen LogP contribution in [0, 0.1) is 17.6 Å². The number of carbonyl (C=O) groups excluding carboxylic acids is 2. The van der Waals surface area contributed by atoms with Crippen LogP contribution >= 0.6 is 11.6 Å². The monoisotopic (exact) mass is 683 g/mol. The molecule has 2 aromatic heterocycles. The number of nitrogens with two attached hydrogens (primary N) is 1. The van der Waals surface area contributed by atoms with Crippen molar-refractivity contribution in [2.45, 2.75) is 69.4 Å². The molecule has 2 amide bonds. The van der Waals surface area contributed by atoms with Crippen LogP contribution in [0.4, 0.5) is 13.2 Å². The smallest absolute Gasteiger partial charge is 0.251 e. The predicted octanol–water partition coefficient (Wildman–Crippen LogP) is 5.44. The number of hydrogen-bond acceptors (Lipinski definition) is 7. The van der Waals surface area contributed by atoms with E-state index in [0.717, 1.165) is 18.9 Å². The van der Waals surface area contributed by atoms with Crippen LogP contribution in [0.2, 0.25) is 5.02 Å². The van der Waals surface area contributed by atoms with E-state index in [4.69, 9.17) is 26.8 Å². The summed E-state index contributed by atoms with van der Waals surface area (Å²) in [7, 11) is 0. The minimum atomic E-state index is -1.77. The molecule has 14 heteroatoms. The highest BCUT2D eigenvalue weighted by atomic mass is 35.5. The fourth-order valence-corrected chi connectivity index (χ4v) is 6.03. The Hall–Kier alpha value is -4.36. The van der Waals surface area contributed by atoms with E-state index in [1.54, 1.807) is 25.3 Å². The third kappa shape index (κ3) is 6.16. The quantitative estimate of drug-likeness (QED) is 0.159. The zero-order valence-electron chi connectivity index (χ0n) is 26.0. The lowest BCUT2D eigenvalue weighted by atomic mass is 9.90. The average Bonchev–Trinajstić information content (AvgIpc) is 3.94. The van der Waals surface area contributed by atoms with Crippen LogP contribution < -0.4 is 20.5 Å². The van der Waals surface area contributed by atoms with E-state index in [-0.39, 0.29) is 70.4 Å². The molecule has 48 heavy (non-hydrogen) atoms. The Kier molecular flexibility index (Phi) is 8.02. The molecule has 1 atom stereocenters. The third-order valence-electron chi connectivity index (χ3n) is 8.91. The molecule has 4 aromatic rings. The summed E-state index contributed by atoms with van der Waals surface area (Å²) in [4.78, 5) is 30.4. The number of amides is 2. The van der Waals surface area contributed by atoms with Gasteiger partial charge < -0.3 is 25.6 Å². The van der Waals surface area contributed by atoms with E-state index < -0.39 is 34.8 Å². The van der Waals surface area contributed by atoms with Gasteiger partial charge in [0.1, 0.15) is 39.9 Å². The van der Waals surface area contributed by atoms with Crippen molar-refractivity contribution < 1.29 is 37.3 Å². The molecule has 0 saturated heterocycles. The van der Waals surface area contributed by atoms with Crippen molar-refractivity contribution in [2.75, 3.05) is 13.2 Å². The summed E-state index contributed by atoms with van der Waals surface area (Å²) in [6, 6.07) is 6.28. The van der Waals surface area contributed by atoms with Crippen LogP contribution in [0.15, 0.2) is 36.5 Å². The van der Waals surface area contributed by atoms with Crippen LogP contribution in [-0.4, -0.2) is 50.9 Å². The van der Waals surface area contributed by atoms with Crippen LogP contribution in [0.1, 0.15) is 67.1 Å². The average molecular weight is 684 g/mol. The maximum Gasteiger partial charge on any atom is 0.251 e. The number of rotatable bonds is 13. The van der Waals surface area contributed by atoms with Crippen molar-refractivity contribution in [3.8, 4) is 22.8 Å². The molecule has 252 valence electrons. The highest BCUT2D eigenvalue weighted by Crippen LogP contribution is 2.48. The molecule has 0 radical (unpaired) electrons. The Morgan fingerprint density at radius 3 is 2.54 bits per heavy atom. The summed E-state index contributed by atoms with van der Waals surface area (Å²) in [5.41, 5.74) is 4.39. The molecule has 3 saturated carbocycles. The first-order chi connectivity index (χ1) is 22.9. The van der Waals surface area contributed by atoms with Gasteiger partial charge in [-0.3, -0.25) is 9.59 Å². The Bertz CT molecular complexity index is 1960. The number of pyridine rings is 1. The molecule has 3 aliphatic rings. The lowest BCUT2D eigenvalue weighted by molar-refractivity contribution is -0.117. The highest BCUT2D eigenvalue weighted by molar-refractivity contribution is 6.31. The van der Waals surface area contributed by atoms with Crippen LogP contribution in [0.25, 0.3) is 22.2 Å². The van der Waals surface area contributed by atoms with E-state index in [1.807, 2.05) is 0 Å². The summed E-state index contributed by atoms with van der Waals surface area (Å²) < 4.78 is 57.3. The van der Waals surface area contributed by atoms with Gasteiger partial charge in [-0.05, 0) is 62.8 Å². The number of fused-ring (bicyclic) bond motifs is 1. The molecule has 10 nitrogen and oxygen atoms in total. The minimum Gasteiger partial charge on any atom is -0.491 e. The standard InChI is InChI=1S/C34H33ClF3N5O5/c1-2-47-31-17(12-28(39)44)11-27(41-30(31)22-13-23(35)25(37)14-24(22)36)34(46,20-3-4-20)16-40-32(45)18-9-19-15-43(33(38)7-8-33)42-29(19)26(10-18)48-21-5-6-21/h9-11,13-15,20-21,46H,2-8,12,16H2,1H3,(H2,39,44)(H,40,45)/t34-/m1/s1. The van der Waals surface area contributed by atoms with Crippen LogP contribution in [0.3, 0.4) is 0 Å². The Labute approximate surface area is 278 Å². The Morgan fingerprint density at radius 1 is 1.15 bits per heavy atom. The second-order valence-corrected chi connectivity index (χ2v) is 13.2. The zero-order chi connectivity index (χ0) is 34.0. The number of carbonyl (C=O) groups is 2. The second kappa shape index (κ2) is 12.0. The number of alkyl halides is 1. The number of primary amides is 1. The summed E-state index contributed by atoms with van der Waals surface area (Å²) in [5, 5.41) is 19.6. The van der Waals surface area contributed by atoms with Crippen molar-refractivity contribution in [1.29, 1.82) is 0 Å². The summed E-state index contributed by atoms with van der Waals surface area (Å²) >= 11 is 6.01. The second-order valence-electron chi connectivity index (χ2n) is 12.8. The van der Waals surface area contributed by atoms with E-state index in [1.165, 1.54) is 10.7 Å². The molecule has 0 aliphatic heterocycles. The third-order valence-corrected chi connectivity index (χ3v) is 9.20. The van der Waals surface area contributed by atoms with E-state index >= 15 is 4.39 Å². The molecule has 4 N–H and O–H groups in total. The van der Waals surface area contributed by atoms with Gasteiger partial charge in [-0.1, -0.05) is 11.6 Å². The Balaban J connectivity index is 1.25. The SMILES string of the molecule is CCOc1c(CC(N)=O)cc([C@@](O)(CNC(=O)c2cc(OC3CC3)c3nn(C4(F)CC4)cc3c2)C2CC2)nc1-c1cc(Cl)c(F)cc1F. The van der Waals surface area contributed by atoms with Crippen molar-refractivity contribution in [3.05, 3.63) is 70.0 Å². The lowest BCUT2D eigenvalue weighted by Crippen LogP contribution is -2.43. The lowest BCUT2D eigenvalue weighted by Gasteiger charge is -2.30. The number of hydrogen-bond donors (Lipinski definition) is 3. The molecule has 2 aromatic carbocycles. The van der Waals surface area contributed by atoms with Crippen molar-refractivity contribution in [2.24, 2.45) is 11.7 Å². The van der Waals surface area contributed by atoms with E-state index in [0.29, 0.717) is 48.4 Å². The normalized spacial score (nSPS) is 18.0. The van der Waals surface area contributed by atoms with Gasteiger partial charge >= 0.3 is 0 Å². The van der Waals surface area contributed by atoms with Gasteiger partial charge in [-0.25, -0.2) is 22.8 Å². The summed E-state index contributed by atoms with van der Waals surface area (Å²) in [5.74, 6) is -4.70. The first-order valence-corrected chi connectivity index (χ1v) is 16.3. The van der Waals surface area contributed by atoms with Gasteiger partial charge in [0.2, 0.25) is 11.7 Å². The molecule has 0 unspecified atom stereocenters. The highest BCUT2D eigenvalue weighted by Gasteiger charge is 2.48. The fraction of sp³-hybridized carbons (Fsp3) is 0.412. The molecule has 7 rings (SSSR count). The molecule has 3 fully saturated rings. The van der Waals surface area contributed by atoms with Crippen molar-refractivity contribution in [1.82, 2.24) is 20.1 Å². The number of aliphatic hydroxyl groups is 1. The van der Waals surface area contributed by atoms with Gasteiger partial charge in [-0.2, -0.15) is 5.10 Å². The van der Waals surface area contributed by atoms with Gasteiger partial charge in [0, 0.05) is 47.2 Å². The van der Waals surface area contributed by atoms with Gasteiger partial charge in [-0.15, -0.1) is 0 Å². The predicted molar refractivity (Wildman–Crippen MR) is 169 cm³/mol. The van der Waals surface area contributed by atoms with Crippen LogP contribution in [0.5, 0.6) is 11.5 Å². The van der Waals surface area contributed by atoms with E-state index in [2.05, 4.69) is 15.4 Å². The number of benzene rings is 2. The zero-order valence-corrected chi connectivity index (χ0v) is 26.7. The summed E-state index contributed by atoms with van der Waals surface area (Å²) in [6.45, 7) is 1.49. The fourth-order valence-electron chi connectivity index (χ4n) is 5.87. The molecular weight excluding hydrogens is 651 g/mol. The maximum absolute atomic E-state index is 15.2. The minimum absolute atomic E-state index is 0.00719. The van der Waals surface area contributed by atoms with Crippen molar-refractivity contribution >= 4 is 34.3 Å². The number of nitrogens with one attached hydrogen (secondary N) is 1. The summed E-state index contributed by atoms with van der Waals surface area (Å²) in [6.07, 6.45) is 4.87. The Morgan fingerprint density at radius 2 is 1.90 bits per heavy atom. The van der Waals surface area contributed by atoms with Gasteiger partial charge in [0.25, 0.3) is 5.91 Å². The number of halogens is 4. The van der Waals surface area contributed by atoms with Gasteiger partial charge in [0.15, 0.2) is 0 Å². The maximum atomic E-state index is 15.2. The number of ether oxygens (including phenoxy) is 2. The van der Waals surface area contributed by atoms with Crippen LogP contribution in [-0.2, 0) is 22.6 Å². The molecule has 3 aliphatic carbocycles. The first-order valence-electron chi connectivity index (χ1n) is 15.9. The topological polar surface area (TPSA) is 142 Å². The molecule has 2 heterocycles. The van der Waals surface area contributed by atoms with Gasteiger partial charge in [0.05, 0.1) is 36.4 Å². The number of nitrogens with zero attached hydrogens (tertiary/aromatic N) is 3. The largest absolute Gasteiger partial charge is 0.491 e. The number of aromatic nitrogens is 3. The first kappa shape index (κ1) is 32.2. The van der Waals surface area contributed by atoms with Crippen molar-refractivity contribution in [3.63, 3.8) is 0 Å². The molecular formula is C34H33ClF3N5O5. The van der Waals surface area contributed by atoms with E-state index in [9.17, 15) is 23.5 Å².